The summed E-state index contributed by atoms with van der Waals surface area (Å²) in [6.07, 6.45) is -6.23. The Hall–Kier alpha value is -3.56. The van der Waals surface area contributed by atoms with Crippen LogP contribution in [0.4, 0.5) is 13.2 Å². The van der Waals surface area contributed by atoms with E-state index in [1.165, 1.54) is 18.2 Å². The molecule has 1 unspecified atom stereocenters. The van der Waals surface area contributed by atoms with Gasteiger partial charge in [0.2, 0.25) is 0 Å². The molecular weight excluding hydrogens is 583 g/mol. The van der Waals surface area contributed by atoms with Crippen molar-refractivity contribution in [2.75, 3.05) is 13.2 Å². The Morgan fingerprint density at radius 3 is 2.62 bits per heavy atom. The Kier molecular flexibility index (Phi) is 7.44. The molecule has 8 nitrogen and oxygen atoms in total. The number of amides is 1. The van der Waals surface area contributed by atoms with E-state index < -0.39 is 48.5 Å². The number of benzene rings is 2. The van der Waals surface area contributed by atoms with Crippen LogP contribution >= 0.6 is 15.9 Å². The number of alkyl halides is 3. The van der Waals surface area contributed by atoms with E-state index in [0.717, 1.165) is 5.56 Å². The minimum Gasteiger partial charge on any atom is -0.493 e. The molecule has 0 fully saturated rings. The molecule has 0 radical (unpaired) electrons. The van der Waals surface area contributed by atoms with Crippen molar-refractivity contribution < 1.29 is 37.3 Å². The first-order valence-electron chi connectivity index (χ1n) is 11.9. The van der Waals surface area contributed by atoms with Crippen LogP contribution in [0.5, 0.6) is 5.75 Å². The maximum atomic E-state index is 14.6. The summed E-state index contributed by atoms with van der Waals surface area (Å²) < 4.78 is 54.9. The van der Waals surface area contributed by atoms with Crippen molar-refractivity contribution in [2.24, 2.45) is 5.73 Å². The zero-order valence-corrected chi connectivity index (χ0v) is 22.6. The highest BCUT2D eigenvalue weighted by atomic mass is 79.9. The van der Waals surface area contributed by atoms with Gasteiger partial charge in [0.25, 0.3) is 5.91 Å². The number of primary amides is 1. The number of nitrogens with two attached hydrogens (primary N) is 1. The number of aliphatic hydroxyl groups is 1. The van der Waals surface area contributed by atoms with E-state index in [1.54, 1.807) is 26.0 Å². The second kappa shape index (κ2) is 10.2. The fourth-order valence-corrected chi connectivity index (χ4v) is 5.63. The van der Waals surface area contributed by atoms with Crippen LogP contribution in [0, 0.1) is 11.3 Å². The first-order valence-corrected chi connectivity index (χ1v) is 12.7. The van der Waals surface area contributed by atoms with Crippen molar-refractivity contribution in [3.05, 3.63) is 62.8 Å². The number of halogens is 4. The predicted octanol–water partition coefficient (Wildman–Crippen LogP) is 4.85. The first-order chi connectivity index (χ1) is 18.2. The molecule has 206 valence electrons. The topological polar surface area (TPSA) is 138 Å². The van der Waals surface area contributed by atoms with Gasteiger partial charge < -0.3 is 25.3 Å². The summed E-state index contributed by atoms with van der Waals surface area (Å²) >= 11 is 3.41. The van der Waals surface area contributed by atoms with Gasteiger partial charge in [-0.2, -0.15) is 18.4 Å². The van der Waals surface area contributed by atoms with Crippen LogP contribution in [0.3, 0.4) is 0 Å². The summed E-state index contributed by atoms with van der Waals surface area (Å²) in [4.78, 5) is 27.4. The Morgan fingerprint density at radius 1 is 1.26 bits per heavy atom. The van der Waals surface area contributed by atoms with Crippen LogP contribution in [-0.2, 0) is 23.0 Å². The molecule has 3 aromatic rings. The number of ether oxygens (including phenoxy) is 2. The lowest BCUT2D eigenvalue weighted by Crippen LogP contribution is -2.51. The van der Waals surface area contributed by atoms with E-state index in [9.17, 15) is 27.9 Å². The highest BCUT2D eigenvalue weighted by molar-refractivity contribution is 9.10. The van der Waals surface area contributed by atoms with Crippen molar-refractivity contribution in [1.82, 2.24) is 4.98 Å². The Labute approximate surface area is 230 Å². The van der Waals surface area contributed by atoms with Crippen LogP contribution < -0.4 is 10.5 Å². The molecule has 4 N–H and O–H groups in total. The Balaban J connectivity index is 1.77. The smallest absolute Gasteiger partial charge is 0.417 e. The van der Waals surface area contributed by atoms with Gasteiger partial charge in [0.05, 0.1) is 17.7 Å². The third kappa shape index (κ3) is 5.46. The number of fused-ring (bicyclic) bond motifs is 2. The SMILES string of the molecule is CC(C)(CC(O)(Cc1[nH]c2ccc(C(=O)OCC#N)cc2c1C(N)=O)C(F)(F)F)c1cc(Br)cc2c1OCC2. The summed E-state index contributed by atoms with van der Waals surface area (Å²) in [7, 11) is 0. The molecule has 12 heteroatoms. The highest BCUT2D eigenvalue weighted by Gasteiger charge is 2.56. The van der Waals surface area contributed by atoms with Gasteiger partial charge in [-0.05, 0) is 47.7 Å². The molecule has 0 saturated carbocycles. The van der Waals surface area contributed by atoms with Crippen molar-refractivity contribution >= 4 is 38.7 Å². The molecule has 2 heterocycles. The van der Waals surface area contributed by atoms with Gasteiger partial charge in [-0.15, -0.1) is 0 Å². The molecule has 2 aromatic carbocycles. The first kappa shape index (κ1) is 28.4. The molecule has 1 amide bonds. The van der Waals surface area contributed by atoms with Gasteiger partial charge in [-0.3, -0.25) is 4.79 Å². The molecular formula is C27H25BrF3N3O5. The van der Waals surface area contributed by atoms with Gasteiger partial charge in [-0.1, -0.05) is 29.8 Å². The molecule has 1 atom stereocenters. The Morgan fingerprint density at radius 2 is 1.97 bits per heavy atom. The number of hydrogen-bond acceptors (Lipinski definition) is 6. The van der Waals surface area contributed by atoms with Crippen LogP contribution in [-0.4, -0.2) is 47.0 Å². The quantitative estimate of drug-likeness (QED) is 0.313. The lowest BCUT2D eigenvalue weighted by Gasteiger charge is -2.38. The van der Waals surface area contributed by atoms with E-state index in [0.29, 0.717) is 28.8 Å². The zero-order valence-electron chi connectivity index (χ0n) is 21.0. The fourth-order valence-electron chi connectivity index (χ4n) is 5.12. The average molecular weight is 608 g/mol. The van der Waals surface area contributed by atoms with Crippen LogP contribution in [0.1, 0.15) is 57.8 Å². The molecule has 0 aliphatic carbocycles. The zero-order chi connectivity index (χ0) is 28.8. The molecule has 4 rings (SSSR count). The monoisotopic (exact) mass is 607 g/mol. The number of carbonyl (C=O) groups excluding carboxylic acids is 2. The fraction of sp³-hybridized carbons (Fsp3) is 0.370. The minimum absolute atomic E-state index is 0.0264. The Bertz CT molecular complexity index is 1510. The van der Waals surface area contributed by atoms with Gasteiger partial charge in [0.15, 0.2) is 12.2 Å². The van der Waals surface area contributed by atoms with Crippen molar-refractivity contribution in [3.63, 3.8) is 0 Å². The van der Waals surface area contributed by atoms with Gasteiger partial charge in [0.1, 0.15) is 11.8 Å². The van der Waals surface area contributed by atoms with E-state index >= 15 is 0 Å². The number of aromatic amines is 1. The second-order valence-corrected chi connectivity index (χ2v) is 11.1. The molecule has 39 heavy (non-hydrogen) atoms. The van der Waals surface area contributed by atoms with Crippen LogP contribution in [0.15, 0.2) is 34.8 Å². The maximum absolute atomic E-state index is 14.6. The van der Waals surface area contributed by atoms with Crippen LogP contribution in [0.25, 0.3) is 10.9 Å². The third-order valence-corrected chi connectivity index (χ3v) is 7.29. The lowest BCUT2D eigenvalue weighted by molar-refractivity contribution is -0.266. The number of H-pyrrole nitrogens is 1. The lowest BCUT2D eigenvalue weighted by atomic mass is 9.72. The number of hydrogen-bond donors (Lipinski definition) is 3. The van der Waals surface area contributed by atoms with Crippen molar-refractivity contribution in [2.45, 2.75) is 50.3 Å². The third-order valence-electron chi connectivity index (χ3n) is 6.83. The molecule has 0 bridgehead atoms. The average Bonchev–Trinajstić information content (AvgIpc) is 3.44. The predicted molar refractivity (Wildman–Crippen MR) is 138 cm³/mol. The van der Waals surface area contributed by atoms with Crippen molar-refractivity contribution in [1.29, 1.82) is 5.26 Å². The van der Waals surface area contributed by atoms with E-state index in [2.05, 4.69) is 20.9 Å². The molecule has 1 aliphatic rings. The summed E-state index contributed by atoms with van der Waals surface area (Å²) in [6.45, 7) is 3.08. The number of aromatic nitrogens is 1. The molecule has 1 aliphatic heterocycles. The van der Waals surface area contributed by atoms with Gasteiger partial charge in [0, 0.05) is 39.5 Å². The maximum Gasteiger partial charge on any atom is 0.417 e. The molecule has 0 spiro atoms. The van der Waals surface area contributed by atoms with Crippen molar-refractivity contribution in [3.8, 4) is 11.8 Å². The number of nitrogens with one attached hydrogen (secondary N) is 1. The minimum atomic E-state index is -5.08. The second-order valence-electron chi connectivity index (χ2n) is 10.1. The van der Waals surface area contributed by atoms with Gasteiger partial charge >= 0.3 is 12.1 Å². The molecule has 0 saturated heterocycles. The highest BCUT2D eigenvalue weighted by Crippen LogP contribution is 2.47. The number of esters is 1. The standard InChI is InChI=1S/C27H25BrF3N3O5/c1-25(2,18-11-16(28)9-14-5-7-38-22(14)18)13-26(37,27(29,30)31)12-20-21(23(33)35)17-10-15(3-4-19(17)34-20)24(36)39-8-6-32/h3-4,9-11,34,37H,5,7-8,12-13H2,1-2H3,(H2,33,35). The number of rotatable bonds is 8. The normalized spacial score (nSPS) is 14.8. The van der Waals surface area contributed by atoms with E-state index in [1.807, 2.05) is 6.07 Å². The largest absolute Gasteiger partial charge is 0.493 e. The number of nitrogens with zero attached hydrogens (tertiary/aromatic N) is 1. The number of carbonyl (C=O) groups is 2. The molecule has 1 aromatic heterocycles. The van der Waals surface area contributed by atoms with Gasteiger partial charge in [-0.25, -0.2) is 4.79 Å². The van der Waals surface area contributed by atoms with E-state index in [-0.39, 0.29) is 27.7 Å². The summed E-state index contributed by atoms with van der Waals surface area (Å²) in [5.74, 6) is -1.39. The van der Waals surface area contributed by atoms with E-state index in [4.69, 9.17) is 20.5 Å². The number of nitriles is 1. The summed E-state index contributed by atoms with van der Waals surface area (Å²) in [5.41, 5.74) is 2.14. The summed E-state index contributed by atoms with van der Waals surface area (Å²) in [6, 6.07) is 9.16. The van der Waals surface area contributed by atoms with Crippen LogP contribution in [0.2, 0.25) is 0 Å². The summed E-state index contributed by atoms with van der Waals surface area (Å²) in [5, 5.41) is 19.9.